The van der Waals surface area contributed by atoms with Gasteiger partial charge in [-0.1, -0.05) is 0 Å². The first-order chi connectivity index (χ1) is 13.1. The van der Waals surface area contributed by atoms with E-state index in [1.165, 1.54) is 11.3 Å². The highest BCUT2D eigenvalue weighted by atomic mass is 16.2. The monoisotopic (exact) mass is 369 g/mol. The highest BCUT2D eigenvalue weighted by Crippen LogP contribution is 2.34. The average molecular weight is 369 g/mol. The Morgan fingerprint density at radius 1 is 1.00 bits per heavy atom. The van der Waals surface area contributed by atoms with Crippen molar-refractivity contribution < 1.29 is 9.59 Å². The predicted octanol–water partition coefficient (Wildman–Crippen LogP) is 0.137. The Balaban J connectivity index is 1.68. The van der Waals surface area contributed by atoms with Crippen LogP contribution in [0.25, 0.3) is 11.0 Å². The first-order valence-corrected chi connectivity index (χ1v) is 9.71. The van der Waals surface area contributed by atoms with Gasteiger partial charge in [-0.2, -0.15) is 0 Å². The average Bonchev–Trinajstić information content (AvgIpc) is 2.97. The molecule has 2 N–H and O–H groups in total. The van der Waals surface area contributed by atoms with E-state index in [1.54, 1.807) is 4.57 Å². The second-order valence-corrected chi connectivity index (χ2v) is 7.54. The summed E-state index contributed by atoms with van der Waals surface area (Å²) in [5, 5.41) is 5.75. The zero-order valence-corrected chi connectivity index (χ0v) is 15.2. The van der Waals surface area contributed by atoms with Gasteiger partial charge in [0.15, 0.2) is 0 Å². The van der Waals surface area contributed by atoms with Gasteiger partial charge in [0.2, 0.25) is 11.8 Å². The second kappa shape index (κ2) is 6.23. The number of piperazine rings is 1. The Morgan fingerprint density at radius 3 is 2.59 bits per heavy atom. The van der Waals surface area contributed by atoms with E-state index in [2.05, 4.69) is 21.6 Å². The van der Waals surface area contributed by atoms with Crippen LogP contribution in [0.2, 0.25) is 0 Å². The molecule has 2 saturated heterocycles. The fourth-order valence-electron chi connectivity index (χ4n) is 4.74. The number of hydrogen-bond acceptors (Lipinski definition) is 5. The molecule has 0 spiro atoms. The van der Waals surface area contributed by atoms with Crippen molar-refractivity contribution in [2.75, 3.05) is 31.1 Å². The smallest absolute Gasteiger partial charge is 0.329 e. The van der Waals surface area contributed by atoms with Crippen molar-refractivity contribution in [1.82, 2.24) is 19.8 Å². The van der Waals surface area contributed by atoms with E-state index in [1.807, 2.05) is 10.6 Å². The van der Waals surface area contributed by atoms with Crippen LogP contribution in [0.5, 0.6) is 0 Å². The standard InChI is InChI=1S/C19H23N5O3/c25-16-6-5-15(18(26)21-16)24-14-4-3-13(22-10-7-20-8-11-22)12-2-1-9-23(17(12)14)19(24)27/h3-4,15,20H,1-2,5-11H2,(H,21,25,26). The van der Waals surface area contributed by atoms with Crippen LogP contribution in [-0.2, 0) is 22.6 Å². The second-order valence-electron chi connectivity index (χ2n) is 7.54. The van der Waals surface area contributed by atoms with E-state index in [-0.39, 0.29) is 23.9 Å². The third-order valence-electron chi connectivity index (χ3n) is 5.99. The summed E-state index contributed by atoms with van der Waals surface area (Å²) >= 11 is 0. The van der Waals surface area contributed by atoms with E-state index in [0.717, 1.165) is 50.1 Å². The first kappa shape index (κ1) is 16.6. The van der Waals surface area contributed by atoms with Gasteiger partial charge in [-0.05, 0) is 31.4 Å². The summed E-state index contributed by atoms with van der Waals surface area (Å²) in [5.41, 5.74) is 4.05. The van der Waals surface area contributed by atoms with Crippen LogP contribution in [-0.4, -0.2) is 47.1 Å². The number of amides is 2. The third-order valence-corrected chi connectivity index (χ3v) is 5.99. The summed E-state index contributed by atoms with van der Waals surface area (Å²) in [4.78, 5) is 39.4. The zero-order valence-electron chi connectivity index (χ0n) is 15.2. The summed E-state index contributed by atoms with van der Waals surface area (Å²) in [6, 6.07) is 3.46. The Labute approximate surface area is 156 Å². The molecule has 1 atom stereocenters. The number of aromatic nitrogens is 2. The molecule has 8 heteroatoms. The molecule has 4 heterocycles. The molecule has 0 aliphatic carbocycles. The minimum absolute atomic E-state index is 0.141. The van der Waals surface area contributed by atoms with Crippen molar-refractivity contribution in [2.45, 2.75) is 38.3 Å². The van der Waals surface area contributed by atoms with Gasteiger partial charge in [0.25, 0.3) is 0 Å². The van der Waals surface area contributed by atoms with Gasteiger partial charge < -0.3 is 10.2 Å². The van der Waals surface area contributed by atoms with Gasteiger partial charge in [0.1, 0.15) is 6.04 Å². The van der Waals surface area contributed by atoms with Crippen molar-refractivity contribution in [3.05, 3.63) is 28.2 Å². The molecule has 2 fully saturated rings. The normalized spacial score (nSPS) is 23.0. The lowest BCUT2D eigenvalue weighted by atomic mass is 10.0. The largest absolute Gasteiger partial charge is 0.369 e. The molecule has 5 rings (SSSR count). The van der Waals surface area contributed by atoms with Gasteiger partial charge in [0, 0.05) is 50.4 Å². The number of carbonyl (C=O) groups excluding carboxylic acids is 2. The van der Waals surface area contributed by atoms with Gasteiger partial charge in [0.05, 0.1) is 11.0 Å². The number of anilines is 1. The number of rotatable bonds is 2. The van der Waals surface area contributed by atoms with Gasteiger partial charge in [-0.25, -0.2) is 4.79 Å². The number of carbonyl (C=O) groups is 2. The summed E-state index contributed by atoms with van der Waals surface area (Å²) in [6.07, 6.45) is 2.50. The number of piperidine rings is 1. The van der Waals surface area contributed by atoms with Crippen LogP contribution < -0.4 is 21.2 Å². The SMILES string of the molecule is O=C1CCC(n2c(=O)n3c4c(c(N5CCNCC5)ccc42)CCC3)C(=O)N1. The molecule has 8 nitrogen and oxygen atoms in total. The molecule has 2 amide bonds. The lowest BCUT2D eigenvalue weighted by molar-refractivity contribution is -0.135. The fourth-order valence-corrected chi connectivity index (χ4v) is 4.74. The molecule has 2 aromatic rings. The molecule has 3 aliphatic heterocycles. The number of nitrogens with zero attached hydrogens (tertiary/aromatic N) is 3. The predicted molar refractivity (Wildman–Crippen MR) is 101 cm³/mol. The molecule has 0 radical (unpaired) electrons. The van der Waals surface area contributed by atoms with Crippen LogP contribution in [0.1, 0.15) is 30.9 Å². The minimum atomic E-state index is -0.616. The van der Waals surface area contributed by atoms with Crippen LogP contribution in [0, 0.1) is 0 Å². The van der Waals surface area contributed by atoms with Crippen LogP contribution >= 0.6 is 0 Å². The molecule has 142 valence electrons. The molecule has 1 aromatic heterocycles. The van der Waals surface area contributed by atoms with Crippen molar-refractivity contribution >= 4 is 28.5 Å². The number of imide groups is 1. The maximum atomic E-state index is 13.2. The molecule has 27 heavy (non-hydrogen) atoms. The van der Waals surface area contributed by atoms with E-state index in [9.17, 15) is 14.4 Å². The molecule has 0 bridgehead atoms. The van der Waals surface area contributed by atoms with E-state index < -0.39 is 6.04 Å². The minimum Gasteiger partial charge on any atom is -0.369 e. The summed E-state index contributed by atoms with van der Waals surface area (Å²) in [5.74, 6) is -0.640. The topological polar surface area (TPSA) is 88.4 Å². The number of hydrogen-bond donors (Lipinski definition) is 2. The van der Waals surface area contributed by atoms with Crippen molar-refractivity contribution in [3.8, 4) is 0 Å². The highest BCUT2D eigenvalue weighted by molar-refractivity contribution is 6.00. The van der Waals surface area contributed by atoms with Crippen LogP contribution in [0.4, 0.5) is 5.69 Å². The van der Waals surface area contributed by atoms with Crippen molar-refractivity contribution in [1.29, 1.82) is 0 Å². The Kier molecular flexibility index (Phi) is 3.82. The van der Waals surface area contributed by atoms with Crippen LogP contribution in [0.15, 0.2) is 16.9 Å². The lowest BCUT2D eigenvalue weighted by Crippen LogP contribution is -2.44. The first-order valence-electron chi connectivity index (χ1n) is 9.71. The number of nitrogens with one attached hydrogen (secondary N) is 2. The highest BCUT2D eigenvalue weighted by Gasteiger charge is 2.33. The third kappa shape index (κ3) is 2.50. The van der Waals surface area contributed by atoms with E-state index >= 15 is 0 Å². The Bertz CT molecular complexity index is 999. The van der Waals surface area contributed by atoms with E-state index in [4.69, 9.17) is 0 Å². The van der Waals surface area contributed by atoms with Gasteiger partial charge in [-0.3, -0.25) is 24.0 Å². The summed E-state index contributed by atoms with van der Waals surface area (Å²) < 4.78 is 3.43. The lowest BCUT2D eigenvalue weighted by Gasteiger charge is -2.32. The molecular formula is C19H23N5O3. The zero-order chi connectivity index (χ0) is 18.5. The summed E-state index contributed by atoms with van der Waals surface area (Å²) in [7, 11) is 0. The van der Waals surface area contributed by atoms with Gasteiger partial charge in [-0.15, -0.1) is 0 Å². The fraction of sp³-hybridized carbons (Fsp3) is 0.526. The molecule has 1 aromatic carbocycles. The number of aryl methyl sites for hydroxylation is 2. The van der Waals surface area contributed by atoms with Crippen molar-refractivity contribution in [2.24, 2.45) is 0 Å². The number of benzene rings is 1. The Morgan fingerprint density at radius 2 is 1.81 bits per heavy atom. The van der Waals surface area contributed by atoms with Gasteiger partial charge >= 0.3 is 5.69 Å². The molecule has 0 saturated carbocycles. The number of imidazole rings is 1. The van der Waals surface area contributed by atoms with Crippen LogP contribution in [0.3, 0.4) is 0 Å². The van der Waals surface area contributed by atoms with E-state index in [0.29, 0.717) is 13.0 Å². The van der Waals surface area contributed by atoms with Crippen molar-refractivity contribution in [3.63, 3.8) is 0 Å². The quantitative estimate of drug-likeness (QED) is 0.735. The molecule has 3 aliphatic rings. The Hall–Kier alpha value is -2.61. The summed E-state index contributed by atoms with van der Waals surface area (Å²) in [6.45, 7) is 4.50. The molecule has 1 unspecified atom stereocenters. The maximum absolute atomic E-state index is 13.2. The molecular weight excluding hydrogens is 346 g/mol. The maximum Gasteiger partial charge on any atom is 0.329 e.